The SMILES string of the molecule is Cc1nc(CN2CCN(CCC(=O)c3ccccc3)CC2)oc1C. The third-order valence-corrected chi connectivity index (χ3v) is 4.65. The standard InChI is InChI=1S/C19H25N3O2/c1-15-16(2)24-19(20-15)14-22-12-10-21(11-13-22)9-8-18(23)17-6-4-3-5-7-17/h3-7H,8-14H2,1-2H3. The first-order valence-electron chi connectivity index (χ1n) is 8.57. The van der Waals surface area contributed by atoms with Crippen LogP contribution in [0.2, 0.25) is 0 Å². The van der Waals surface area contributed by atoms with Gasteiger partial charge in [-0.05, 0) is 13.8 Å². The molecule has 0 amide bonds. The molecule has 1 fully saturated rings. The number of nitrogens with zero attached hydrogens (tertiary/aromatic N) is 3. The average molecular weight is 327 g/mol. The highest BCUT2D eigenvalue weighted by molar-refractivity contribution is 5.96. The number of Topliss-reactive ketones (excluding diaryl/α,β-unsaturated/α-hetero) is 1. The molecule has 5 heteroatoms. The highest BCUT2D eigenvalue weighted by Crippen LogP contribution is 2.13. The Morgan fingerprint density at radius 1 is 1.08 bits per heavy atom. The lowest BCUT2D eigenvalue weighted by Gasteiger charge is -2.33. The normalized spacial score (nSPS) is 16.4. The number of hydrogen-bond acceptors (Lipinski definition) is 5. The van der Waals surface area contributed by atoms with E-state index in [0.29, 0.717) is 6.42 Å². The Kier molecular flexibility index (Phi) is 5.43. The maximum atomic E-state index is 12.2. The fraction of sp³-hybridized carbons (Fsp3) is 0.474. The number of benzene rings is 1. The summed E-state index contributed by atoms with van der Waals surface area (Å²) in [5, 5.41) is 0. The smallest absolute Gasteiger partial charge is 0.208 e. The van der Waals surface area contributed by atoms with E-state index in [1.54, 1.807) is 0 Å². The number of aromatic nitrogens is 1. The lowest BCUT2D eigenvalue weighted by Crippen LogP contribution is -2.46. The second-order valence-electron chi connectivity index (χ2n) is 6.41. The molecule has 0 aliphatic carbocycles. The van der Waals surface area contributed by atoms with Crippen molar-refractivity contribution in [3.63, 3.8) is 0 Å². The maximum absolute atomic E-state index is 12.2. The van der Waals surface area contributed by atoms with Crippen LogP contribution in [0.1, 0.15) is 34.1 Å². The monoisotopic (exact) mass is 327 g/mol. The van der Waals surface area contributed by atoms with Gasteiger partial charge in [0.25, 0.3) is 0 Å². The van der Waals surface area contributed by atoms with Crippen LogP contribution in [0, 0.1) is 13.8 Å². The molecule has 1 aliphatic rings. The van der Waals surface area contributed by atoms with Crippen molar-refractivity contribution in [3.05, 3.63) is 53.2 Å². The molecule has 5 nitrogen and oxygen atoms in total. The van der Waals surface area contributed by atoms with Crippen molar-refractivity contribution in [1.29, 1.82) is 0 Å². The molecule has 2 heterocycles. The largest absolute Gasteiger partial charge is 0.444 e. The van der Waals surface area contributed by atoms with Crippen LogP contribution >= 0.6 is 0 Å². The molecule has 0 N–H and O–H groups in total. The van der Waals surface area contributed by atoms with E-state index in [1.807, 2.05) is 44.2 Å². The highest BCUT2D eigenvalue weighted by Gasteiger charge is 2.19. The lowest BCUT2D eigenvalue weighted by atomic mass is 10.1. The number of ketones is 1. The molecule has 1 aromatic carbocycles. The summed E-state index contributed by atoms with van der Waals surface area (Å²) >= 11 is 0. The van der Waals surface area contributed by atoms with E-state index in [0.717, 1.165) is 62.2 Å². The number of hydrogen-bond donors (Lipinski definition) is 0. The quantitative estimate of drug-likeness (QED) is 0.764. The second-order valence-corrected chi connectivity index (χ2v) is 6.41. The van der Waals surface area contributed by atoms with Gasteiger partial charge in [-0.25, -0.2) is 4.98 Å². The molecule has 0 saturated carbocycles. The van der Waals surface area contributed by atoms with E-state index in [4.69, 9.17) is 4.42 Å². The van der Waals surface area contributed by atoms with Gasteiger partial charge in [0.15, 0.2) is 5.78 Å². The molecule has 128 valence electrons. The fourth-order valence-electron chi connectivity index (χ4n) is 3.00. The van der Waals surface area contributed by atoms with Gasteiger partial charge in [0, 0.05) is 44.7 Å². The van der Waals surface area contributed by atoms with E-state index >= 15 is 0 Å². The summed E-state index contributed by atoms with van der Waals surface area (Å²) < 4.78 is 5.66. The van der Waals surface area contributed by atoms with Crippen molar-refractivity contribution in [1.82, 2.24) is 14.8 Å². The molecular formula is C19H25N3O2. The van der Waals surface area contributed by atoms with E-state index in [2.05, 4.69) is 14.8 Å². The minimum atomic E-state index is 0.226. The van der Waals surface area contributed by atoms with Gasteiger partial charge in [-0.3, -0.25) is 9.69 Å². The minimum Gasteiger partial charge on any atom is -0.444 e. The Labute approximate surface area is 143 Å². The van der Waals surface area contributed by atoms with Crippen LogP contribution in [0.4, 0.5) is 0 Å². The Bertz CT molecular complexity index is 654. The molecule has 1 aromatic heterocycles. The molecule has 0 unspecified atom stereocenters. The van der Waals surface area contributed by atoms with E-state index in [9.17, 15) is 4.79 Å². The van der Waals surface area contributed by atoms with E-state index < -0.39 is 0 Å². The zero-order chi connectivity index (χ0) is 16.9. The topological polar surface area (TPSA) is 49.6 Å². The highest BCUT2D eigenvalue weighted by atomic mass is 16.4. The molecule has 0 atom stereocenters. The first kappa shape index (κ1) is 16.9. The lowest BCUT2D eigenvalue weighted by molar-refractivity contribution is 0.0913. The molecule has 24 heavy (non-hydrogen) atoms. The van der Waals surface area contributed by atoms with Crippen LogP contribution in [0.5, 0.6) is 0 Å². The van der Waals surface area contributed by atoms with Gasteiger partial charge in [-0.2, -0.15) is 0 Å². The molecule has 0 radical (unpaired) electrons. The number of carbonyl (C=O) groups is 1. The van der Waals surface area contributed by atoms with Crippen LogP contribution in [-0.2, 0) is 6.54 Å². The van der Waals surface area contributed by atoms with Crippen molar-refractivity contribution < 1.29 is 9.21 Å². The van der Waals surface area contributed by atoms with Gasteiger partial charge in [-0.15, -0.1) is 0 Å². The van der Waals surface area contributed by atoms with Crippen molar-refractivity contribution in [3.8, 4) is 0 Å². The molecule has 0 bridgehead atoms. The van der Waals surface area contributed by atoms with E-state index in [-0.39, 0.29) is 5.78 Å². The van der Waals surface area contributed by atoms with E-state index in [1.165, 1.54) is 0 Å². The van der Waals surface area contributed by atoms with Gasteiger partial charge in [0.1, 0.15) is 5.76 Å². The number of carbonyl (C=O) groups excluding carboxylic acids is 1. The fourth-order valence-corrected chi connectivity index (χ4v) is 3.00. The summed E-state index contributed by atoms with van der Waals surface area (Å²) in [7, 11) is 0. The first-order valence-corrected chi connectivity index (χ1v) is 8.57. The van der Waals surface area contributed by atoms with Crippen molar-refractivity contribution in [2.24, 2.45) is 0 Å². The number of aryl methyl sites for hydroxylation is 2. The third-order valence-electron chi connectivity index (χ3n) is 4.65. The number of piperazine rings is 1. The predicted molar refractivity (Wildman–Crippen MR) is 93.1 cm³/mol. The van der Waals surface area contributed by atoms with Crippen molar-refractivity contribution in [2.45, 2.75) is 26.8 Å². The molecule has 2 aromatic rings. The van der Waals surface area contributed by atoms with Gasteiger partial charge in [-0.1, -0.05) is 30.3 Å². The predicted octanol–water partition coefficient (Wildman–Crippen LogP) is 2.68. The summed E-state index contributed by atoms with van der Waals surface area (Å²) in [6.07, 6.45) is 0.585. The van der Waals surface area contributed by atoms with Crippen LogP contribution in [-0.4, -0.2) is 53.3 Å². The molecular weight excluding hydrogens is 302 g/mol. The Balaban J connectivity index is 1.41. The Hall–Kier alpha value is -1.98. The summed E-state index contributed by atoms with van der Waals surface area (Å²) in [5.41, 5.74) is 1.79. The number of oxazole rings is 1. The Morgan fingerprint density at radius 2 is 1.75 bits per heavy atom. The van der Waals surface area contributed by atoms with Crippen molar-refractivity contribution >= 4 is 5.78 Å². The summed E-state index contributed by atoms with van der Waals surface area (Å²) in [6.45, 7) is 9.48. The zero-order valence-electron chi connectivity index (χ0n) is 14.5. The molecule has 3 rings (SSSR count). The first-order chi connectivity index (χ1) is 11.6. The van der Waals surface area contributed by atoms with Gasteiger partial charge in [0.05, 0.1) is 12.2 Å². The summed E-state index contributed by atoms with van der Waals surface area (Å²) in [6, 6.07) is 9.55. The third kappa shape index (κ3) is 4.30. The summed E-state index contributed by atoms with van der Waals surface area (Å²) in [5.74, 6) is 1.93. The van der Waals surface area contributed by atoms with Gasteiger partial charge >= 0.3 is 0 Å². The van der Waals surface area contributed by atoms with Crippen LogP contribution in [0.25, 0.3) is 0 Å². The van der Waals surface area contributed by atoms with Crippen LogP contribution in [0.3, 0.4) is 0 Å². The van der Waals surface area contributed by atoms with Crippen LogP contribution in [0.15, 0.2) is 34.7 Å². The van der Waals surface area contributed by atoms with Gasteiger partial charge < -0.3 is 9.32 Å². The average Bonchev–Trinajstić information content (AvgIpc) is 2.92. The maximum Gasteiger partial charge on any atom is 0.208 e. The van der Waals surface area contributed by atoms with Crippen molar-refractivity contribution in [2.75, 3.05) is 32.7 Å². The molecule has 0 spiro atoms. The second kappa shape index (κ2) is 7.73. The van der Waals surface area contributed by atoms with Crippen LogP contribution < -0.4 is 0 Å². The van der Waals surface area contributed by atoms with Gasteiger partial charge in [0.2, 0.25) is 5.89 Å². The minimum absolute atomic E-state index is 0.226. The number of rotatable bonds is 6. The summed E-state index contributed by atoms with van der Waals surface area (Å²) in [4.78, 5) is 21.3. The molecule has 1 saturated heterocycles. The Morgan fingerprint density at radius 3 is 2.38 bits per heavy atom. The zero-order valence-corrected chi connectivity index (χ0v) is 14.5. The molecule has 1 aliphatic heterocycles.